The van der Waals surface area contributed by atoms with Crippen LogP contribution in [-0.2, 0) is 11.3 Å². The van der Waals surface area contributed by atoms with Gasteiger partial charge in [-0.3, -0.25) is 0 Å². The minimum absolute atomic E-state index is 0.378. The maximum Gasteiger partial charge on any atom is 0.137 e. The second-order valence-electron chi connectivity index (χ2n) is 9.18. The summed E-state index contributed by atoms with van der Waals surface area (Å²) in [5.74, 6) is 1.57. The highest BCUT2D eigenvalue weighted by Crippen LogP contribution is 2.32. The fourth-order valence-corrected chi connectivity index (χ4v) is 4.72. The topological polar surface area (TPSA) is 61.6 Å². The lowest BCUT2D eigenvalue weighted by Gasteiger charge is -2.35. The van der Waals surface area contributed by atoms with Crippen LogP contribution in [0.25, 0.3) is 22.0 Å². The second kappa shape index (κ2) is 11.9. The van der Waals surface area contributed by atoms with Crippen molar-refractivity contribution in [2.75, 3.05) is 50.8 Å². The minimum Gasteiger partial charge on any atom is -0.490 e. The molecule has 0 radical (unpaired) electrons. The molecule has 6 nitrogen and oxygen atoms in total. The fraction of sp³-hybridized carbons (Fsp3) is 0.290. The molecule has 0 spiro atoms. The molecular formula is C31H32N4O2. The summed E-state index contributed by atoms with van der Waals surface area (Å²) in [5, 5.41) is 12.1. The fourth-order valence-electron chi connectivity index (χ4n) is 4.72. The van der Waals surface area contributed by atoms with Gasteiger partial charge in [-0.15, -0.1) is 0 Å². The van der Waals surface area contributed by atoms with Crippen molar-refractivity contribution >= 4 is 16.6 Å². The first-order valence-electron chi connectivity index (χ1n) is 12.9. The smallest absolute Gasteiger partial charge is 0.137 e. The first kappa shape index (κ1) is 24.8. The lowest BCUT2D eigenvalue weighted by Crippen LogP contribution is -2.46. The summed E-state index contributed by atoms with van der Waals surface area (Å²) in [5.41, 5.74) is 3.39. The van der Waals surface area contributed by atoms with E-state index < -0.39 is 0 Å². The Morgan fingerprint density at radius 2 is 1.68 bits per heavy atom. The highest BCUT2D eigenvalue weighted by molar-refractivity contribution is 5.95. The standard InChI is InChI=1S/C31H32N4O2/c1-2-34-14-16-35(17-15-34)31-28-11-7-6-10-25(28)21-29(33-31)26-12-13-30(27(20-26)22-32)37-19-18-36-23-24-8-4-3-5-9-24/h3-13,20-21H,2,14-19,23H2,1H3. The van der Waals surface area contributed by atoms with Crippen molar-refractivity contribution in [1.29, 1.82) is 5.26 Å². The number of benzene rings is 3. The molecule has 0 bridgehead atoms. The molecule has 5 rings (SSSR count). The van der Waals surface area contributed by atoms with Gasteiger partial charge < -0.3 is 19.3 Å². The number of ether oxygens (including phenoxy) is 2. The van der Waals surface area contributed by atoms with E-state index in [9.17, 15) is 5.26 Å². The van der Waals surface area contributed by atoms with Crippen molar-refractivity contribution in [3.05, 3.63) is 90.0 Å². The minimum atomic E-state index is 0.378. The number of nitriles is 1. The van der Waals surface area contributed by atoms with Gasteiger partial charge in [0.15, 0.2) is 0 Å². The number of pyridine rings is 1. The highest BCUT2D eigenvalue weighted by atomic mass is 16.5. The summed E-state index contributed by atoms with van der Waals surface area (Å²) < 4.78 is 11.6. The van der Waals surface area contributed by atoms with Crippen LogP contribution >= 0.6 is 0 Å². The molecule has 1 aromatic heterocycles. The van der Waals surface area contributed by atoms with Crippen LogP contribution in [0.2, 0.25) is 0 Å². The zero-order valence-corrected chi connectivity index (χ0v) is 21.3. The first-order valence-corrected chi connectivity index (χ1v) is 12.9. The predicted octanol–water partition coefficient (Wildman–Crippen LogP) is 5.51. The molecule has 1 saturated heterocycles. The zero-order valence-electron chi connectivity index (χ0n) is 21.3. The van der Waals surface area contributed by atoms with Crippen molar-refractivity contribution in [2.45, 2.75) is 13.5 Å². The number of fused-ring (bicyclic) bond motifs is 1. The largest absolute Gasteiger partial charge is 0.490 e. The normalized spacial score (nSPS) is 14.0. The third kappa shape index (κ3) is 5.91. The van der Waals surface area contributed by atoms with Crippen LogP contribution in [0.4, 0.5) is 5.82 Å². The van der Waals surface area contributed by atoms with E-state index in [1.54, 1.807) is 0 Å². The third-order valence-electron chi connectivity index (χ3n) is 6.83. The van der Waals surface area contributed by atoms with Crippen molar-refractivity contribution in [1.82, 2.24) is 9.88 Å². The summed E-state index contributed by atoms with van der Waals surface area (Å²) in [6, 6.07) is 28.6. The van der Waals surface area contributed by atoms with Gasteiger partial charge in [-0.05, 0) is 41.8 Å². The molecule has 0 unspecified atom stereocenters. The molecule has 0 N–H and O–H groups in total. The molecule has 1 aliphatic rings. The molecule has 1 fully saturated rings. The van der Waals surface area contributed by atoms with Crippen molar-refractivity contribution in [3.63, 3.8) is 0 Å². The van der Waals surface area contributed by atoms with Gasteiger partial charge in [-0.25, -0.2) is 4.98 Å². The van der Waals surface area contributed by atoms with Gasteiger partial charge in [0, 0.05) is 37.1 Å². The molecule has 0 saturated carbocycles. The summed E-state index contributed by atoms with van der Waals surface area (Å²) in [6.07, 6.45) is 0. The lowest BCUT2D eigenvalue weighted by molar-refractivity contribution is 0.0888. The second-order valence-corrected chi connectivity index (χ2v) is 9.18. The van der Waals surface area contributed by atoms with Crippen LogP contribution in [0.1, 0.15) is 18.1 Å². The molecule has 0 atom stereocenters. The number of nitrogens with zero attached hydrogens (tertiary/aromatic N) is 4. The van der Waals surface area contributed by atoms with E-state index in [1.807, 2.05) is 48.5 Å². The van der Waals surface area contributed by atoms with E-state index in [0.29, 0.717) is 31.1 Å². The molecule has 6 heteroatoms. The maximum absolute atomic E-state index is 9.83. The third-order valence-corrected chi connectivity index (χ3v) is 6.83. The Bertz CT molecular complexity index is 1380. The molecule has 0 aliphatic carbocycles. The highest BCUT2D eigenvalue weighted by Gasteiger charge is 2.20. The van der Waals surface area contributed by atoms with Gasteiger partial charge in [0.2, 0.25) is 0 Å². The van der Waals surface area contributed by atoms with Crippen LogP contribution in [0.15, 0.2) is 78.9 Å². The average molecular weight is 493 g/mol. The van der Waals surface area contributed by atoms with Crippen LogP contribution in [-0.4, -0.2) is 55.8 Å². The summed E-state index contributed by atoms with van der Waals surface area (Å²) in [4.78, 5) is 9.95. The molecule has 37 heavy (non-hydrogen) atoms. The molecule has 4 aromatic rings. The van der Waals surface area contributed by atoms with E-state index in [-0.39, 0.29) is 0 Å². The van der Waals surface area contributed by atoms with Crippen molar-refractivity contribution < 1.29 is 9.47 Å². The summed E-state index contributed by atoms with van der Waals surface area (Å²) >= 11 is 0. The van der Waals surface area contributed by atoms with E-state index in [4.69, 9.17) is 14.5 Å². The Kier molecular flexibility index (Phi) is 7.95. The van der Waals surface area contributed by atoms with Crippen LogP contribution in [0, 0.1) is 11.3 Å². The number of piperazine rings is 1. The summed E-state index contributed by atoms with van der Waals surface area (Å²) in [7, 11) is 0. The van der Waals surface area contributed by atoms with Crippen LogP contribution < -0.4 is 9.64 Å². The molecule has 3 aromatic carbocycles. The van der Waals surface area contributed by atoms with Gasteiger partial charge in [0.05, 0.1) is 24.5 Å². The van der Waals surface area contributed by atoms with E-state index in [1.165, 1.54) is 0 Å². The summed E-state index contributed by atoms with van der Waals surface area (Å²) in [6.45, 7) is 8.64. The van der Waals surface area contributed by atoms with Crippen LogP contribution in [0.5, 0.6) is 5.75 Å². The number of hydrogen-bond donors (Lipinski definition) is 0. The van der Waals surface area contributed by atoms with Gasteiger partial charge in [0.25, 0.3) is 0 Å². The van der Waals surface area contributed by atoms with Crippen LogP contribution in [0.3, 0.4) is 0 Å². The maximum atomic E-state index is 9.83. The lowest BCUT2D eigenvalue weighted by atomic mass is 10.0. The average Bonchev–Trinajstić information content (AvgIpc) is 2.97. The van der Waals surface area contributed by atoms with Gasteiger partial charge in [-0.2, -0.15) is 5.26 Å². The number of likely N-dealkylation sites (N-methyl/N-ethyl adjacent to an activating group) is 1. The number of hydrogen-bond acceptors (Lipinski definition) is 6. The molecule has 0 amide bonds. The van der Waals surface area contributed by atoms with Crippen molar-refractivity contribution in [2.24, 2.45) is 0 Å². The molecule has 188 valence electrons. The molecule has 1 aliphatic heterocycles. The Hall–Kier alpha value is -3.92. The molecule has 2 heterocycles. The van der Waals surface area contributed by atoms with E-state index in [2.05, 4.69) is 53.1 Å². The Balaban J connectivity index is 1.32. The Labute approximate surface area is 218 Å². The van der Waals surface area contributed by atoms with E-state index in [0.717, 1.165) is 66.1 Å². The quantitative estimate of drug-likeness (QED) is 0.287. The van der Waals surface area contributed by atoms with E-state index >= 15 is 0 Å². The number of aromatic nitrogens is 1. The molecular weight excluding hydrogens is 460 g/mol. The monoisotopic (exact) mass is 492 g/mol. The van der Waals surface area contributed by atoms with Crippen molar-refractivity contribution in [3.8, 4) is 23.1 Å². The van der Waals surface area contributed by atoms with Gasteiger partial charge in [0.1, 0.15) is 24.2 Å². The van der Waals surface area contributed by atoms with Gasteiger partial charge >= 0.3 is 0 Å². The zero-order chi connectivity index (χ0) is 25.5. The number of rotatable bonds is 9. The number of anilines is 1. The van der Waals surface area contributed by atoms with Gasteiger partial charge in [-0.1, -0.05) is 61.5 Å². The Morgan fingerprint density at radius 3 is 2.46 bits per heavy atom. The predicted molar refractivity (Wildman–Crippen MR) is 148 cm³/mol. The first-order chi connectivity index (χ1) is 18.2. The SMILES string of the molecule is CCN1CCN(c2nc(-c3ccc(OCCOCc4ccccc4)c(C#N)c3)cc3ccccc23)CC1. The Morgan fingerprint density at radius 1 is 0.892 bits per heavy atom.